The van der Waals surface area contributed by atoms with Crippen molar-refractivity contribution in [3.63, 3.8) is 0 Å². The molecule has 0 aromatic rings. The predicted molar refractivity (Wildman–Crippen MR) is 78.1 cm³/mol. The zero-order valence-corrected chi connectivity index (χ0v) is 12.8. The predicted octanol–water partition coefficient (Wildman–Crippen LogP) is 2.58. The lowest BCUT2D eigenvalue weighted by atomic mass is 9.75. The van der Waals surface area contributed by atoms with Crippen LogP contribution in [-0.2, 0) is 4.74 Å². The Balaban J connectivity index is 1.71. The van der Waals surface area contributed by atoms with Crippen LogP contribution in [0.3, 0.4) is 0 Å². The summed E-state index contributed by atoms with van der Waals surface area (Å²) < 4.78 is 6.05. The van der Waals surface area contributed by atoms with E-state index < -0.39 is 0 Å². The molecular weight excluding hydrogens is 238 g/mol. The molecule has 0 spiro atoms. The van der Waals surface area contributed by atoms with Crippen LogP contribution in [0.4, 0.5) is 0 Å². The molecule has 0 bridgehead atoms. The average molecular weight is 269 g/mol. The molecule has 2 saturated carbocycles. The first-order valence-corrected chi connectivity index (χ1v) is 8.09. The standard InChI is InChI=1S/C16H31NO2/c1-11(2)15-7-4-12(3)8-16(15)19-10-14(18)9-17-13-5-6-13/h11-18H,4-10H2,1-3H3. The number of ether oxygens (including phenoxy) is 1. The van der Waals surface area contributed by atoms with Crippen molar-refractivity contribution >= 4 is 0 Å². The first-order chi connectivity index (χ1) is 9.06. The van der Waals surface area contributed by atoms with Gasteiger partial charge in [0.2, 0.25) is 0 Å². The summed E-state index contributed by atoms with van der Waals surface area (Å²) in [5.41, 5.74) is 0. The van der Waals surface area contributed by atoms with Crippen molar-refractivity contribution in [2.24, 2.45) is 17.8 Å². The van der Waals surface area contributed by atoms with Gasteiger partial charge in [-0.05, 0) is 43.4 Å². The van der Waals surface area contributed by atoms with Crippen LogP contribution in [0.15, 0.2) is 0 Å². The van der Waals surface area contributed by atoms with Crippen LogP contribution in [-0.4, -0.2) is 36.5 Å². The van der Waals surface area contributed by atoms with E-state index >= 15 is 0 Å². The smallest absolute Gasteiger partial charge is 0.0897 e. The number of hydrogen-bond acceptors (Lipinski definition) is 3. The monoisotopic (exact) mass is 269 g/mol. The van der Waals surface area contributed by atoms with E-state index in [-0.39, 0.29) is 6.10 Å². The molecule has 2 fully saturated rings. The van der Waals surface area contributed by atoms with Crippen molar-refractivity contribution in [1.82, 2.24) is 5.32 Å². The molecule has 0 radical (unpaired) electrons. The van der Waals surface area contributed by atoms with Gasteiger partial charge in [0.05, 0.1) is 18.8 Å². The highest BCUT2D eigenvalue weighted by atomic mass is 16.5. The molecule has 112 valence electrons. The molecule has 2 aliphatic carbocycles. The molecule has 0 saturated heterocycles. The van der Waals surface area contributed by atoms with Crippen molar-refractivity contribution in [2.75, 3.05) is 13.2 Å². The zero-order chi connectivity index (χ0) is 13.8. The van der Waals surface area contributed by atoms with Gasteiger partial charge < -0.3 is 15.2 Å². The Morgan fingerprint density at radius 3 is 2.58 bits per heavy atom. The van der Waals surface area contributed by atoms with Gasteiger partial charge in [-0.3, -0.25) is 0 Å². The van der Waals surface area contributed by atoms with E-state index in [2.05, 4.69) is 26.1 Å². The first-order valence-electron chi connectivity index (χ1n) is 8.09. The topological polar surface area (TPSA) is 41.5 Å². The Morgan fingerprint density at radius 2 is 1.95 bits per heavy atom. The number of aliphatic hydroxyl groups is 1. The Labute approximate surface area is 118 Å². The molecule has 3 heteroatoms. The van der Waals surface area contributed by atoms with E-state index in [0.29, 0.717) is 37.1 Å². The van der Waals surface area contributed by atoms with Crippen LogP contribution in [0.2, 0.25) is 0 Å². The number of hydrogen-bond donors (Lipinski definition) is 2. The van der Waals surface area contributed by atoms with Gasteiger partial charge in [0.15, 0.2) is 0 Å². The average Bonchev–Trinajstić information content (AvgIpc) is 3.17. The second kappa shape index (κ2) is 7.05. The molecule has 2 N–H and O–H groups in total. The molecule has 0 heterocycles. The van der Waals surface area contributed by atoms with E-state index in [1.165, 1.54) is 25.7 Å². The Hall–Kier alpha value is -0.120. The Kier molecular flexibility index (Phi) is 5.67. The lowest BCUT2D eigenvalue weighted by Gasteiger charge is -2.37. The summed E-state index contributed by atoms with van der Waals surface area (Å²) in [6, 6.07) is 0.660. The molecule has 2 aliphatic rings. The largest absolute Gasteiger partial charge is 0.389 e. The van der Waals surface area contributed by atoms with Crippen LogP contribution in [0, 0.1) is 17.8 Å². The van der Waals surface area contributed by atoms with Crippen LogP contribution in [0.5, 0.6) is 0 Å². The normalized spacial score (nSPS) is 33.6. The van der Waals surface area contributed by atoms with Gasteiger partial charge >= 0.3 is 0 Å². The van der Waals surface area contributed by atoms with Crippen LogP contribution in [0.25, 0.3) is 0 Å². The summed E-state index contributed by atoms with van der Waals surface area (Å²) in [6.07, 6.45) is 6.29. The summed E-state index contributed by atoms with van der Waals surface area (Å²) in [6.45, 7) is 8.07. The fourth-order valence-corrected chi connectivity index (χ4v) is 3.19. The van der Waals surface area contributed by atoms with E-state index in [1.807, 2.05) is 0 Å². The molecule has 0 aromatic carbocycles. The van der Waals surface area contributed by atoms with E-state index in [1.54, 1.807) is 0 Å². The quantitative estimate of drug-likeness (QED) is 0.746. The lowest BCUT2D eigenvalue weighted by molar-refractivity contribution is -0.0683. The van der Waals surface area contributed by atoms with Gasteiger partial charge in [-0.25, -0.2) is 0 Å². The number of aliphatic hydroxyl groups excluding tert-OH is 1. The highest BCUT2D eigenvalue weighted by Gasteiger charge is 2.31. The van der Waals surface area contributed by atoms with E-state index in [9.17, 15) is 5.11 Å². The fraction of sp³-hybridized carbons (Fsp3) is 1.00. The molecule has 0 aromatic heterocycles. The lowest BCUT2D eigenvalue weighted by Crippen LogP contribution is -2.38. The SMILES string of the molecule is CC1CCC(C(C)C)C(OCC(O)CNC2CC2)C1. The number of rotatable bonds is 7. The third-order valence-electron chi connectivity index (χ3n) is 4.68. The molecular formula is C16H31NO2. The van der Waals surface area contributed by atoms with Crippen molar-refractivity contribution in [3.8, 4) is 0 Å². The highest BCUT2D eigenvalue weighted by molar-refractivity contribution is 4.83. The van der Waals surface area contributed by atoms with Gasteiger partial charge in [0.1, 0.15) is 0 Å². The fourth-order valence-electron chi connectivity index (χ4n) is 3.19. The Bertz CT molecular complexity index is 265. The first kappa shape index (κ1) is 15.3. The maximum absolute atomic E-state index is 9.96. The van der Waals surface area contributed by atoms with E-state index in [4.69, 9.17) is 4.74 Å². The second-order valence-corrected chi connectivity index (χ2v) is 7.03. The summed E-state index contributed by atoms with van der Waals surface area (Å²) in [7, 11) is 0. The van der Waals surface area contributed by atoms with Crippen molar-refractivity contribution in [1.29, 1.82) is 0 Å². The molecule has 3 nitrogen and oxygen atoms in total. The summed E-state index contributed by atoms with van der Waals surface area (Å²) >= 11 is 0. The van der Waals surface area contributed by atoms with Crippen molar-refractivity contribution in [2.45, 2.75) is 71.1 Å². The van der Waals surface area contributed by atoms with Crippen molar-refractivity contribution < 1.29 is 9.84 Å². The van der Waals surface area contributed by atoms with Crippen LogP contribution < -0.4 is 5.32 Å². The van der Waals surface area contributed by atoms with Gasteiger partial charge in [-0.1, -0.05) is 27.2 Å². The molecule has 2 rings (SSSR count). The van der Waals surface area contributed by atoms with Crippen molar-refractivity contribution in [3.05, 3.63) is 0 Å². The molecule has 19 heavy (non-hydrogen) atoms. The third kappa shape index (κ3) is 5.05. The minimum Gasteiger partial charge on any atom is -0.389 e. The highest BCUT2D eigenvalue weighted by Crippen LogP contribution is 2.35. The van der Waals surface area contributed by atoms with Gasteiger partial charge in [-0.15, -0.1) is 0 Å². The zero-order valence-electron chi connectivity index (χ0n) is 12.8. The molecule has 4 unspecified atom stereocenters. The van der Waals surface area contributed by atoms with Gasteiger partial charge in [0, 0.05) is 12.6 Å². The maximum atomic E-state index is 9.96. The molecule has 0 amide bonds. The molecule has 4 atom stereocenters. The Morgan fingerprint density at radius 1 is 1.21 bits per heavy atom. The summed E-state index contributed by atoms with van der Waals surface area (Å²) in [5.74, 6) is 2.11. The third-order valence-corrected chi connectivity index (χ3v) is 4.68. The number of nitrogens with one attached hydrogen (secondary N) is 1. The molecule has 0 aliphatic heterocycles. The minimum atomic E-state index is -0.356. The van der Waals surface area contributed by atoms with Crippen LogP contribution in [0.1, 0.15) is 52.9 Å². The summed E-state index contributed by atoms with van der Waals surface area (Å²) in [4.78, 5) is 0. The maximum Gasteiger partial charge on any atom is 0.0897 e. The van der Waals surface area contributed by atoms with Crippen LogP contribution >= 0.6 is 0 Å². The van der Waals surface area contributed by atoms with Gasteiger partial charge in [0.25, 0.3) is 0 Å². The van der Waals surface area contributed by atoms with Gasteiger partial charge in [-0.2, -0.15) is 0 Å². The van der Waals surface area contributed by atoms with E-state index in [0.717, 1.165) is 12.3 Å². The summed E-state index contributed by atoms with van der Waals surface area (Å²) in [5, 5.41) is 13.3. The minimum absolute atomic E-state index is 0.347. The second-order valence-electron chi connectivity index (χ2n) is 7.03.